The molecule has 0 radical (unpaired) electrons. The number of rotatable bonds is 3. The molecular weight excluding hydrogens is 208 g/mol. The zero-order chi connectivity index (χ0) is 10.7. The molecule has 0 aliphatic heterocycles. The van der Waals surface area contributed by atoms with Crippen LogP contribution in [0.2, 0.25) is 5.02 Å². The highest BCUT2D eigenvalue weighted by Crippen LogP contribution is 2.28. The van der Waals surface area contributed by atoms with Gasteiger partial charge in [0.25, 0.3) is 0 Å². The first-order chi connectivity index (χ1) is 6.50. The van der Waals surface area contributed by atoms with Crippen molar-refractivity contribution in [2.45, 2.75) is 12.5 Å². The molecule has 0 aliphatic rings. The Bertz CT molecular complexity index is 351. The van der Waals surface area contributed by atoms with Crippen LogP contribution in [0.5, 0.6) is 5.75 Å². The maximum Gasteiger partial charge on any atom is 0.306 e. The monoisotopic (exact) mass is 216 g/mol. The lowest BCUT2D eigenvalue weighted by molar-refractivity contribution is -0.139. The number of benzene rings is 1. The minimum atomic E-state index is -1.15. The number of phenolic OH excluding ortho intramolecular Hbond substituents is 1. The Labute approximate surface area is 85.4 Å². The van der Waals surface area contributed by atoms with Gasteiger partial charge < -0.3 is 15.3 Å². The summed E-state index contributed by atoms with van der Waals surface area (Å²) < 4.78 is 0. The standard InChI is InChI=1S/C9H9ClO4/c10-7-3-5(11)1-2-6(7)8(12)4-9(13)14/h1-3,8,11-12H,4H2,(H,13,14)/t8-/m0/s1. The van der Waals surface area contributed by atoms with E-state index in [1.54, 1.807) is 0 Å². The first-order valence-corrected chi connectivity index (χ1v) is 4.26. The summed E-state index contributed by atoms with van der Waals surface area (Å²) in [5, 5.41) is 27.0. The Morgan fingerprint density at radius 2 is 2.14 bits per heavy atom. The second kappa shape index (κ2) is 4.30. The van der Waals surface area contributed by atoms with Gasteiger partial charge in [0.2, 0.25) is 0 Å². The number of hydrogen-bond donors (Lipinski definition) is 3. The van der Waals surface area contributed by atoms with Crippen LogP contribution in [-0.2, 0) is 4.79 Å². The zero-order valence-electron chi connectivity index (χ0n) is 7.14. The van der Waals surface area contributed by atoms with E-state index >= 15 is 0 Å². The summed E-state index contributed by atoms with van der Waals surface area (Å²) in [5.41, 5.74) is 0.298. The van der Waals surface area contributed by atoms with Gasteiger partial charge in [-0.25, -0.2) is 0 Å². The second-order valence-corrected chi connectivity index (χ2v) is 3.23. The fourth-order valence-corrected chi connectivity index (χ4v) is 1.36. The van der Waals surface area contributed by atoms with E-state index in [9.17, 15) is 9.90 Å². The Morgan fingerprint density at radius 1 is 1.50 bits per heavy atom. The number of carboxylic acid groups (broad SMARTS) is 1. The minimum Gasteiger partial charge on any atom is -0.508 e. The number of hydrogen-bond acceptors (Lipinski definition) is 3. The Hall–Kier alpha value is -1.26. The van der Waals surface area contributed by atoms with Gasteiger partial charge in [0.1, 0.15) is 5.75 Å². The molecule has 76 valence electrons. The number of carbonyl (C=O) groups is 1. The quantitative estimate of drug-likeness (QED) is 0.717. The van der Waals surface area contributed by atoms with Crippen molar-refractivity contribution in [1.82, 2.24) is 0 Å². The van der Waals surface area contributed by atoms with Gasteiger partial charge in [0, 0.05) is 0 Å². The molecule has 1 aromatic rings. The van der Waals surface area contributed by atoms with E-state index in [0.717, 1.165) is 0 Å². The number of aliphatic carboxylic acids is 1. The molecule has 1 aromatic carbocycles. The zero-order valence-corrected chi connectivity index (χ0v) is 7.90. The topological polar surface area (TPSA) is 77.8 Å². The molecule has 0 saturated carbocycles. The Balaban J connectivity index is 2.90. The van der Waals surface area contributed by atoms with Crippen molar-refractivity contribution in [3.8, 4) is 5.75 Å². The number of phenols is 1. The normalized spacial score (nSPS) is 12.4. The summed E-state index contributed by atoms with van der Waals surface area (Å²) >= 11 is 5.69. The summed E-state index contributed by atoms with van der Waals surface area (Å²) in [4.78, 5) is 10.3. The first kappa shape index (κ1) is 10.8. The van der Waals surface area contributed by atoms with E-state index < -0.39 is 18.5 Å². The van der Waals surface area contributed by atoms with E-state index in [0.29, 0.717) is 5.56 Å². The molecule has 5 heteroatoms. The number of halogens is 1. The van der Waals surface area contributed by atoms with Crippen LogP contribution in [0.4, 0.5) is 0 Å². The van der Waals surface area contributed by atoms with E-state index in [1.165, 1.54) is 18.2 Å². The molecule has 0 saturated heterocycles. The lowest BCUT2D eigenvalue weighted by Crippen LogP contribution is -2.05. The molecule has 0 fully saturated rings. The SMILES string of the molecule is O=C(O)C[C@H](O)c1ccc(O)cc1Cl. The molecule has 0 heterocycles. The molecule has 0 amide bonds. The first-order valence-electron chi connectivity index (χ1n) is 3.89. The molecular formula is C9H9ClO4. The van der Waals surface area contributed by atoms with Gasteiger partial charge in [-0.15, -0.1) is 0 Å². The van der Waals surface area contributed by atoms with Crippen LogP contribution in [0.1, 0.15) is 18.1 Å². The average molecular weight is 217 g/mol. The predicted molar refractivity (Wildman–Crippen MR) is 50.3 cm³/mol. The van der Waals surface area contributed by atoms with Crippen molar-refractivity contribution in [1.29, 1.82) is 0 Å². The molecule has 0 spiro atoms. The molecule has 14 heavy (non-hydrogen) atoms. The molecule has 0 bridgehead atoms. The molecule has 0 aromatic heterocycles. The summed E-state index contributed by atoms with van der Waals surface area (Å²) in [5.74, 6) is -1.14. The van der Waals surface area contributed by atoms with E-state index in [2.05, 4.69) is 0 Å². The lowest BCUT2D eigenvalue weighted by atomic mass is 10.1. The van der Waals surface area contributed by atoms with Crippen LogP contribution in [0.3, 0.4) is 0 Å². The maximum atomic E-state index is 10.3. The average Bonchev–Trinajstić information content (AvgIpc) is 2.01. The molecule has 1 rings (SSSR count). The van der Waals surface area contributed by atoms with Crippen LogP contribution in [0.15, 0.2) is 18.2 Å². The summed E-state index contributed by atoms with van der Waals surface area (Å²) in [6, 6.07) is 3.99. The highest BCUT2D eigenvalue weighted by molar-refractivity contribution is 6.31. The van der Waals surface area contributed by atoms with Crippen molar-refractivity contribution in [3.05, 3.63) is 28.8 Å². The largest absolute Gasteiger partial charge is 0.508 e. The van der Waals surface area contributed by atoms with Crippen LogP contribution < -0.4 is 0 Å². The predicted octanol–water partition coefficient (Wildman–Crippen LogP) is 1.55. The van der Waals surface area contributed by atoms with Gasteiger partial charge in [-0.2, -0.15) is 0 Å². The number of aromatic hydroxyl groups is 1. The fourth-order valence-electron chi connectivity index (χ4n) is 1.06. The molecule has 0 aliphatic carbocycles. The fraction of sp³-hybridized carbons (Fsp3) is 0.222. The van der Waals surface area contributed by atoms with Crippen LogP contribution >= 0.6 is 11.6 Å². The minimum absolute atomic E-state index is 0.0266. The third kappa shape index (κ3) is 2.61. The van der Waals surface area contributed by atoms with E-state index in [-0.39, 0.29) is 10.8 Å². The Kier molecular flexibility index (Phi) is 3.33. The van der Waals surface area contributed by atoms with Gasteiger partial charge in [-0.1, -0.05) is 17.7 Å². The van der Waals surface area contributed by atoms with Crippen LogP contribution in [-0.4, -0.2) is 21.3 Å². The van der Waals surface area contributed by atoms with E-state index in [1.807, 2.05) is 0 Å². The smallest absolute Gasteiger partial charge is 0.306 e. The van der Waals surface area contributed by atoms with Gasteiger partial charge >= 0.3 is 5.97 Å². The molecule has 0 unspecified atom stereocenters. The van der Waals surface area contributed by atoms with E-state index in [4.69, 9.17) is 21.8 Å². The highest BCUT2D eigenvalue weighted by atomic mass is 35.5. The maximum absolute atomic E-state index is 10.3. The van der Waals surface area contributed by atoms with Crippen molar-refractivity contribution < 1.29 is 20.1 Å². The number of aliphatic hydroxyl groups excluding tert-OH is 1. The summed E-state index contributed by atoms with van der Waals surface area (Å²) in [6.07, 6.45) is -1.56. The highest BCUT2D eigenvalue weighted by Gasteiger charge is 2.15. The van der Waals surface area contributed by atoms with Gasteiger partial charge in [0.15, 0.2) is 0 Å². The van der Waals surface area contributed by atoms with Crippen LogP contribution in [0.25, 0.3) is 0 Å². The third-order valence-electron chi connectivity index (χ3n) is 1.71. The van der Waals surface area contributed by atoms with Crippen molar-refractivity contribution in [3.63, 3.8) is 0 Å². The van der Waals surface area contributed by atoms with Crippen molar-refractivity contribution in [2.24, 2.45) is 0 Å². The van der Waals surface area contributed by atoms with Crippen molar-refractivity contribution in [2.75, 3.05) is 0 Å². The second-order valence-electron chi connectivity index (χ2n) is 2.82. The number of aliphatic hydroxyl groups is 1. The van der Waals surface area contributed by atoms with Crippen LogP contribution in [0, 0.1) is 0 Å². The number of carboxylic acids is 1. The summed E-state index contributed by atoms with van der Waals surface area (Å²) in [6.45, 7) is 0. The third-order valence-corrected chi connectivity index (χ3v) is 2.04. The van der Waals surface area contributed by atoms with Gasteiger partial charge in [-0.05, 0) is 17.7 Å². The van der Waals surface area contributed by atoms with Gasteiger partial charge in [0.05, 0.1) is 17.5 Å². The molecule has 3 N–H and O–H groups in total. The Morgan fingerprint density at radius 3 is 2.64 bits per heavy atom. The summed E-state index contributed by atoms with van der Waals surface area (Å²) in [7, 11) is 0. The lowest BCUT2D eigenvalue weighted by Gasteiger charge is -2.10. The molecule has 1 atom stereocenters. The van der Waals surface area contributed by atoms with Crippen molar-refractivity contribution >= 4 is 17.6 Å². The van der Waals surface area contributed by atoms with Gasteiger partial charge in [-0.3, -0.25) is 4.79 Å². The molecule has 4 nitrogen and oxygen atoms in total.